The van der Waals surface area contributed by atoms with Crippen LogP contribution >= 0.6 is 0 Å². The van der Waals surface area contributed by atoms with Crippen molar-refractivity contribution in [2.75, 3.05) is 40.3 Å². The molecule has 0 radical (unpaired) electrons. The highest BCUT2D eigenvalue weighted by Crippen LogP contribution is 2.00. The third kappa shape index (κ3) is 9.28. The van der Waals surface area contributed by atoms with Crippen LogP contribution in [-0.4, -0.2) is 62.2 Å². The topological polar surface area (TPSA) is 170 Å². The van der Waals surface area contributed by atoms with Gasteiger partial charge in [0.2, 0.25) is 11.9 Å². The minimum Gasteiger partial charge on any atom is -0.354 e. The van der Waals surface area contributed by atoms with E-state index in [1.807, 2.05) is 12.4 Å². The number of nitrogens with zero attached hydrogens (tertiary/aromatic N) is 6. The van der Waals surface area contributed by atoms with E-state index in [0.29, 0.717) is 51.2 Å². The highest BCUT2D eigenvalue weighted by atomic mass is 15.2. The fourth-order valence-electron chi connectivity index (χ4n) is 2.11. The number of guanidine groups is 2. The van der Waals surface area contributed by atoms with Gasteiger partial charge in [0, 0.05) is 65.8 Å². The molecule has 6 N–H and O–H groups in total. The van der Waals surface area contributed by atoms with Gasteiger partial charge in [-0.2, -0.15) is 10.5 Å². The lowest BCUT2D eigenvalue weighted by atomic mass is 10.3. The summed E-state index contributed by atoms with van der Waals surface area (Å²) in [4.78, 5) is 16.6. The molecule has 1 aromatic rings. The van der Waals surface area contributed by atoms with Crippen molar-refractivity contribution in [2.45, 2.75) is 13.1 Å². The molecule has 1 heterocycles. The molecule has 0 amide bonds. The SMILES string of the molecule is CN=C(NC#N)NCCNCc1nccnc1CNCCNC(=NC)NC#N. The van der Waals surface area contributed by atoms with Gasteiger partial charge in [0.05, 0.1) is 11.4 Å². The molecule has 0 aliphatic heterocycles. The van der Waals surface area contributed by atoms with Gasteiger partial charge in [-0.05, 0) is 0 Å². The second kappa shape index (κ2) is 14.7. The van der Waals surface area contributed by atoms with Crippen molar-refractivity contribution in [3.63, 3.8) is 0 Å². The van der Waals surface area contributed by atoms with Gasteiger partial charge < -0.3 is 21.3 Å². The monoisotopic (exact) mass is 386 g/mol. The Kier molecular flexibility index (Phi) is 11.8. The first-order chi connectivity index (χ1) is 13.7. The Bertz CT molecular complexity index is 654. The molecule has 1 rings (SSSR count). The third-order valence-corrected chi connectivity index (χ3v) is 3.43. The van der Waals surface area contributed by atoms with Gasteiger partial charge in [0.25, 0.3) is 0 Å². The van der Waals surface area contributed by atoms with E-state index in [9.17, 15) is 0 Å². The summed E-state index contributed by atoms with van der Waals surface area (Å²) >= 11 is 0. The lowest BCUT2D eigenvalue weighted by molar-refractivity contribution is 0.623. The van der Waals surface area contributed by atoms with Crippen LogP contribution in [0.3, 0.4) is 0 Å². The van der Waals surface area contributed by atoms with E-state index in [1.54, 1.807) is 26.5 Å². The summed E-state index contributed by atoms with van der Waals surface area (Å²) in [6.45, 7) is 3.72. The number of hydrogen-bond acceptors (Lipinski definition) is 8. The number of rotatable bonds is 10. The zero-order chi connectivity index (χ0) is 20.5. The zero-order valence-corrected chi connectivity index (χ0v) is 16.1. The van der Waals surface area contributed by atoms with Crippen LogP contribution in [-0.2, 0) is 13.1 Å². The predicted octanol–water partition coefficient (Wildman–Crippen LogP) is -2.05. The summed E-state index contributed by atoms with van der Waals surface area (Å²) in [5.74, 6) is 0.868. The molecule has 0 aliphatic carbocycles. The van der Waals surface area contributed by atoms with E-state index in [1.165, 1.54) is 0 Å². The van der Waals surface area contributed by atoms with Crippen LogP contribution in [0, 0.1) is 22.9 Å². The summed E-state index contributed by atoms with van der Waals surface area (Å²) in [5.41, 5.74) is 1.73. The van der Waals surface area contributed by atoms with Gasteiger partial charge in [-0.1, -0.05) is 0 Å². The maximum absolute atomic E-state index is 8.57. The lowest BCUT2D eigenvalue weighted by Crippen LogP contribution is -2.39. The van der Waals surface area contributed by atoms with Gasteiger partial charge in [-0.15, -0.1) is 0 Å². The van der Waals surface area contributed by atoms with Gasteiger partial charge in [0.1, 0.15) is 0 Å². The molecule has 0 saturated heterocycles. The molecule has 0 unspecified atom stereocenters. The van der Waals surface area contributed by atoms with Crippen molar-refractivity contribution in [2.24, 2.45) is 9.98 Å². The Morgan fingerprint density at radius 2 is 1.25 bits per heavy atom. The molecule has 0 aromatic carbocycles. The van der Waals surface area contributed by atoms with Crippen molar-refractivity contribution < 1.29 is 0 Å². The van der Waals surface area contributed by atoms with Gasteiger partial charge in [0.15, 0.2) is 12.4 Å². The van der Waals surface area contributed by atoms with Crippen molar-refractivity contribution >= 4 is 11.9 Å². The first-order valence-corrected chi connectivity index (χ1v) is 8.66. The van der Waals surface area contributed by atoms with Crippen molar-refractivity contribution in [3.05, 3.63) is 23.8 Å². The number of aromatic nitrogens is 2. The van der Waals surface area contributed by atoms with Crippen LogP contribution in [0.5, 0.6) is 0 Å². The number of aliphatic imine (C=N–C) groups is 2. The molecular weight excluding hydrogens is 360 g/mol. The maximum atomic E-state index is 8.57. The van der Waals surface area contributed by atoms with Crippen LogP contribution in [0.25, 0.3) is 0 Å². The average Bonchev–Trinajstić information content (AvgIpc) is 2.72. The Labute approximate surface area is 164 Å². The molecule has 0 fully saturated rings. The molecule has 1 aromatic heterocycles. The Hall–Kier alpha value is -3.48. The lowest BCUT2D eigenvalue weighted by Gasteiger charge is -2.11. The van der Waals surface area contributed by atoms with E-state index in [4.69, 9.17) is 10.5 Å². The van der Waals surface area contributed by atoms with Crippen LogP contribution in [0.15, 0.2) is 22.4 Å². The molecule has 28 heavy (non-hydrogen) atoms. The molecule has 12 nitrogen and oxygen atoms in total. The molecule has 12 heteroatoms. The molecule has 0 aliphatic rings. The standard InChI is InChI=1S/C16H26N12/c1-19-15(27-11-17)25-5-3-21-9-13-14(24-8-7-23-13)10-22-4-6-26-16(20-2)28-12-18/h7-8,21-22H,3-6,9-10H2,1-2H3,(H2,19,25,27)(H2,20,26,28). The Balaban J connectivity index is 2.31. The molecule has 0 atom stereocenters. The maximum Gasteiger partial charge on any atom is 0.204 e. The van der Waals surface area contributed by atoms with Gasteiger partial charge in [-0.3, -0.25) is 30.6 Å². The smallest absolute Gasteiger partial charge is 0.204 e. The predicted molar refractivity (Wildman–Crippen MR) is 106 cm³/mol. The van der Waals surface area contributed by atoms with E-state index in [0.717, 1.165) is 11.4 Å². The number of nitriles is 2. The van der Waals surface area contributed by atoms with E-state index in [-0.39, 0.29) is 0 Å². The second-order valence-corrected chi connectivity index (χ2v) is 5.27. The minimum absolute atomic E-state index is 0.434. The van der Waals surface area contributed by atoms with Crippen LogP contribution in [0.2, 0.25) is 0 Å². The summed E-state index contributed by atoms with van der Waals surface area (Å²) < 4.78 is 0. The molecule has 0 bridgehead atoms. The minimum atomic E-state index is 0.434. The zero-order valence-electron chi connectivity index (χ0n) is 16.1. The van der Waals surface area contributed by atoms with E-state index in [2.05, 4.69) is 51.9 Å². The largest absolute Gasteiger partial charge is 0.354 e. The number of hydrogen-bond donors (Lipinski definition) is 6. The van der Waals surface area contributed by atoms with Crippen molar-refractivity contribution in [1.82, 2.24) is 41.9 Å². The van der Waals surface area contributed by atoms with Crippen molar-refractivity contribution in [1.29, 1.82) is 10.5 Å². The van der Waals surface area contributed by atoms with Gasteiger partial charge >= 0.3 is 0 Å². The molecule has 0 spiro atoms. The van der Waals surface area contributed by atoms with Crippen molar-refractivity contribution in [3.8, 4) is 12.4 Å². The molecular formula is C16H26N12. The van der Waals surface area contributed by atoms with Crippen LogP contribution < -0.4 is 31.9 Å². The molecule has 150 valence electrons. The van der Waals surface area contributed by atoms with E-state index < -0.39 is 0 Å². The second-order valence-electron chi connectivity index (χ2n) is 5.27. The normalized spacial score (nSPS) is 11.3. The Morgan fingerprint density at radius 1 is 0.821 bits per heavy atom. The fourth-order valence-corrected chi connectivity index (χ4v) is 2.11. The third-order valence-electron chi connectivity index (χ3n) is 3.43. The first kappa shape index (κ1) is 22.6. The fraction of sp³-hybridized carbons (Fsp3) is 0.500. The quantitative estimate of drug-likeness (QED) is 0.0864. The highest BCUT2D eigenvalue weighted by molar-refractivity contribution is 5.81. The summed E-state index contributed by atoms with van der Waals surface area (Å²) in [5, 5.41) is 34.6. The first-order valence-electron chi connectivity index (χ1n) is 8.66. The van der Waals surface area contributed by atoms with Gasteiger partial charge in [-0.25, -0.2) is 0 Å². The number of nitrogens with one attached hydrogen (secondary N) is 6. The Morgan fingerprint density at radius 3 is 1.61 bits per heavy atom. The van der Waals surface area contributed by atoms with Crippen LogP contribution in [0.1, 0.15) is 11.4 Å². The molecule has 0 saturated carbocycles. The van der Waals surface area contributed by atoms with Crippen LogP contribution in [0.4, 0.5) is 0 Å². The highest BCUT2D eigenvalue weighted by Gasteiger charge is 2.05. The summed E-state index contributed by atoms with van der Waals surface area (Å²) in [6, 6.07) is 0. The van der Waals surface area contributed by atoms with E-state index >= 15 is 0 Å². The average molecular weight is 386 g/mol. The summed E-state index contributed by atoms with van der Waals surface area (Å²) in [7, 11) is 3.20. The summed E-state index contributed by atoms with van der Waals surface area (Å²) in [6.07, 6.45) is 6.97.